The topological polar surface area (TPSA) is 17.1 Å². The Labute approximate surface area is 106 Å². The molecule has 0 aliphatic heterocycles. The molecule has 2 aromatic rings. The van der Waals surface area contributed by atoms with E-state index < -0.39 is 0 Å². The SMILES string of the molecule is O=C(c1cc(Br)cs1)c1cc(Br)cs1. The van der Waals surface area contributed by atoms with Gasteiger partial charge < -0.3 is 0 Å². The summed E-state index contributed by atoms with van der Waals surface area (Å²) >= 11 is 9.57. The van der Waals surface area contributed by atoms with Crippen molar-refractivity contribution in [3.8, 4) is 0 Å². The van der Waals surface area contributed by atoms with Crippen LogP contribution in [0, 0.1) is 0 Å². The predicted octanol–water partition coefficient (Wildman–Crippen LogP) is 4.57. The molecule has 0 saturated heterocycles. The van der Waals surface area contributed by atoms with E-state index in [4.69, 9.17) is 0 Å². The highest BCUT2D eigenvalue weighted by atomic mass is 79.9. The van der Waals surface area contributed by atoms with Crippen LogP contribution in [-0.2, 0) is 0 Å². The number of rotatable bonds is 2. The zero-order chi connectivity index (χ0) is 10.1. The fourth-order valence-corrected chi connectivity index (χ4v) is 3.81. The Hall–Kier alpha value is 0.0300. The number of thiophene rings is 2. The molecule has 0 spiro atoms. The number of hydrogen-bond acceptors (Lipinski definition) is 3. The van der Waals surface area contributed by atoms with Gasteiger partial charge in [-0.15, -0.1) is 22.7 Å². The molecule has 0 amide bonds. The Morgan fingerprint density at radius 1 is 1.00 bits per heavy atom. The highest BCUT2D eigenvalue weighted by Gasteiger charge is 2.13. The van der Waals surface area contributed by atoms with Crippen LogP contribution in [-0.4, -0.2) is 5.78 Å². The molecule has 0 atom stereocenters. The minimum Gasteiger partial charge on any atom is -0.287 e. The summed E-state index contributed by atoms with van der Waals surface area (Å²) in [5, 5.41) is 3.83. The lowest BCUT2D eigenvalue weighted by atomic mass is 10.3. The molecule has 0 aliphatic carbocycles. The van der Waals surface area contributed by atoms with Crippen LogP contribution >= 0.6 is 54.5 Å². The first-order chi connectivity index (χ1) is 6.66. The van der Waals surface area contributed by atoms with E-state index in [0.29, 0.717) is 0 Å². The molecule has 0 fully saturated rings. The van der Waals surface area contributed by atoms with E-state index in [1.54, 1.807) is 0 Å². The fraction of sp³-hybridized carbons (Fsp3) is 0. The normalized spacial score (nSPS) is 10.4. The van der Waals surface area contributed by atoms with Crippen molar-refractivity contribution < 1.29 is 4.79 Å². The van der Waals surface area contributed by atoms with Crippen LogP contribution in [0.1, 0.15) is 14.5 Å². The highest BCUT2D eigenvalue weighted by Crippen LogP contribution is 2.26. The van der Waals surface area contributed by atoms with E-state index in [1.165, 1.54) is 22.7 Å². The van der Waals surface area contributed by atoms with Gasteiger partial charge in [0.2, 0.25) is 5.78 Å². The van der Waals surface area contributed by atoms with Gasteiger partial charge >= 0.3 is 0 Å². The predicted molar refractivity (Wildman–Crippen MR) is 67.5 cm³/mol. The second kappa shape index (κ2) is 4.26. The maximum atomic E-state index is 11.9. The number of carbonyl (C=O) groups is 1. The molecule has 0 bridgehead atoms. The molecule has 2 rings (SSSR count). The summed E-state index contributed by atoms with van der Waals surface area (Å²) in [5.74, 6) is 0.0939. The van der Waals surface area contributed by atoms with Crippen molar-refractivity contribution in [2.45, 2.75) is 0 Å². The highest BCUT2D eigenvalue weighted by molar-refractivity contribution is 9.10. The van der Waals surface area contributed by atoms with Crippen molar-refractivity contribution in [2.24, 2.45) is 0 Å². The van der Waals surface area contributed by atoms with Gasteiger partial charge in [0.15, 0.2) is 0 Å². The number of ketones is 1. The largest absolute Gasteiger partial charge is 0.287 e. The van der Waals surface area contributed by atoms with E-state index >= 15 is 0 Å². The van der Waals surface area contributed by atoms with Gasteiger partial charge in [0.1, 0.15) is 0 Å². The minimum atomic E-state index is 0.0939. The molecule has 0 saturated carbocycles. The third-order valence-corrected chi connectivity index (χ3v) is 4.96. The van der Waals surface area contributed by atoms with Crippen molar-refractivity contribution in [3.63, 3.8) is 0 Å². The Balaban J connectivity index is 2.33. The molecule has 0 radical (unpaired) electrons. The van der Waals surface area contributed by atoms with Gasteiger partial charge in [-0.3, -0.25) is 4.79 Å². The third-order valence-electron chi connectivity index (χ3n) is 1.58. The summed E-state index contributed by atoms with van der Waals surface area (Å²) in [7, 11) is 0. The second-order valence-corrected chi connectivity index (χ2v) is 6.24. The lowest BCUT2D eigenvalue weighted by Crippen LogP contribution is -1.93. The van der Waals surface area contributed by atoms with Crippen molar-refractivity contribution in [1.82, 2.24) is 0 Å². The van der Waals surface area contributed by atoms with Crippen LogP contribution < -0.4 is 0 Å². The van der Waals surface area contributed by atoms with Gasteiger partial charge in [0.25, 0.3) is 0 Å². The number of carbonyl (C=O) groups excluding carboxylic acids is 1. The quantitative estimate of drug-likeness (QED) is 0.724. The van der Waals surface area contributed by atoms with Gasteiger partial charge in [-0.25, -0.2) is 0 Å². The molecule has 0 aliphatic rings. The maximum Gasteiger partial charge on any atom is 0.212 e. The average molecular weight is 352 g/mol. The van der Waals surface area contributed by atoms with Gasteiger partial charge in [-0.05, 0) is 44.0 Å². The zero-order valence-corrected chi connectivity index (χ0v) is 11.6. The molecule has 0 aromatic carbocycles. The van der Waals surface area contributed by atoms with Gasteiger partial charge in [0.05, 0.1) is 9.75 Å². The molecular formula is C9H4Br2OS2. The lowest BCUT2D eigenvalue weighted by Gasteiger charge is -1.90. The summed E-state index contributed by atoms with van der Waals surface area (Å²) in [6.07, 6.45) is 0. The number of hydrogen-bond donors (Lipinski definition) is 0. The number of halogens is 2. The molecular weight excluding hydrogens is 348 g/mol. The van der Waals surface area contributed by atoms with Crippen LogP contribution in [0.3, 0.4) is 0 Å². The minimum absolute atomic E-state index is 0.0939. The molecule has 0 unspecified atom stereocenters. The molecule has 72 valence electrons. The summed E-state index contributed by atoms with van der Waals surface area (Å²) in [4.78, 5) is 13.4. The average Bonchev–Trinajstić information content (AvgIpc) is 2.73. The molecule has 0 N–H and O–H groups in total. The van der Waals surface area contributed by atoms with E-state index in [1.807, 2.05) is 22.9 Å². The van der Waals surface area contributed by atoms with E-state index in [0.717, 1.165) is 18.7 Å². The van der Waals surface area contributed by atoms with Crippen LogP contribution in [0.25, 0.3) is 0 Å². The molecule has 2 aromatic heterocycles. The first-order valence-electron chi connectivity index (χ1n) is 3.69. The fourth-order valence-electron chi connectivity index (χ4n) is 0.986. The smallest absolute Gasteiger partial charge is 0.212 e. The molecule has 2 heterocycles. The Kier molecular flexibility index (Phi) is 3.21. The maximum absolute atomic E-state index is 11.9. The zero-order valence-electron chi connectivity index (χ0n) is 6.79. The van der Waals surface area contributed by atoms with Crippen molar-refractivity contribution in [3.05, 3.63) is 41.6 Å². The monoisotopic (exact) mass is 350 g/mol. The lowest BCUT2D eigenvalue weighted by molar-refractivity contribution is 0.104. The summed E-state index contributed by atoms with van der Waals surface area (Å²) in [5.41, 5.74) is 0. The van der Waals surface area contributed by atoms with Crippen LogP contribution in [0.2, 0.25) is 0 Å². The van der Waals surface area contributed by atoms with Gasteiger partial charge in [-0.1, -0.05) is 0 Å². The Morgan fingerprint density at radius 3 is 1.71 bits per heavy atom. The molecule has 5 heteroatoms. The van der Waals surface area contributed by atoms with Crippen molar-refractivity contribution in [1.29, 1.82) is 0 Å². The van der Waals surface area contributed by atoms with Crippen molar-refractivity contribution >= 4 is 60.3 Å². The molecule has 1 nitrogen and oxygen atoms in total. The van der Waals surface area contributed by atoms with Gasteiger partial charge in [-0.2, -0.15) is 0 Å². The standard InChI is InChI=1S/C9H4Br2OS2/c10-5-1-7(13-3-5)9(12)8-2-6(11)4-14-8/h1-4H. The van der Waals surface area contributed by atoms with E-state index in [9.17, 15) is 4.79 Å². The molecule has 14 heavy (non-hydrogen) atoms. The third kappa shape index (κ3) is 2.16. The summed E-state index contributed by atoms with van der Waals surface area (Å²) in [6, 6.07) is 3.70. The van der Waals surface area contributed by atoms with E-state index in [-0.39, 0.29) is 5.78 Å². The van der Waals surface area contributed by atoms with Crippen LogP contribution in [0.4, 0.5) is 0 Å². The van der Waals surface area contributed by atoms with E-state index in [2.05, 4.69) is 31.9 Å². The Morgan fingerprint density at radius 2 is 1.43 bits per heavy atom. The summed E-state index contributed by atoms with van der Waals surface area (Å²) < 4.78 is 1.92. The second-order valence-electron chi connectivity index (χ2n) is 2.59. The summed E-state index contributed by atoms with van der Waals surface area (Å²) in [6.45, 7) is 0. The first-order valence-corrected chi connectivity index (χ1v) is 7.04. The van der Waals surface area contributed by atoms with Crippen molar-refractivity contribution in [2.75, 3.05) is 0 Å². The first kappa shape index (κ1) is 10.5. The van der Waals surface area contributed by atoms with Crippen LogP contribution in [0.15, 0.2) is 31.8 Å². The van der Waals surface area contributed by atoms with Gasteiger partial charge in [0, 0.05) is 19.7 Å². The Bertz CT molecular complexity index is 430. The van der Waals surface area contributed by atoms with Crippen LogP contribution in [0.5, 0.6) is 0 Å².